The molecule has 2 aliphatic rings. The average Bonchev–Trinajstić information content (AvgIpc) is 2.68. The molecule has 2 saturated heterocycles. The van der Waals surface area contributed by atoms with Gasteiger partial charge in [0.1, 0.15) is 0 Å². The first-order chi connectivity index (χ1) is 9.56. The van der Waals surface area contributed by atoms with E-state index in [2.05, 4.69) is 50.1 Å². The van der Waals surface area contributed by atoms with Crippen molar-refractivity contribution in [2.75, 3.05) is 7.05 Å². The molecule has 3 atom stereocenters. The number of rotatable bonds is 3. The van der Waals surface area contributed by atoms with Crippen LogP contribution in [0.1, 0.15) is 62.6 Å². The molecule has 2 heterocycles. The topological polar surface area (TPSA) is 29.3 Å². The highest BCUT2D eigenvalue weighted by molar-refractivity contribution is 5.27. The molecule has 2 bridgehead atoms. The summed E-state index contributed by atoms with van der Waals surface area (Å²) in [6.07, 6.45) is 5.30. The van der Waals surface area contributed by atoms with Crippen molar-refractivity contribution in [2.24, 2.45) is 11.7 Å². The minimum atomic E-state index is 0.216. The molecule has 2 fully saturated rings. The van der Waals surface area contributed by atoms with Crippen LogP contribution in [-0.4, -0.2) is 24.0 Å². The first-order valence-electron chi connectivity index (χ1n) is 8.13. The number of hydrogen-bond donors (Lipinski definition) is 1. The van der Waals surface area contributed by atoms with Gasteiger partial charge in [-0.1, -0.05) is 38.1 Å². The smallest absolute Gasteiger partial charge is 0.0324 e. The molecule has 20 heavy (non-hydrogen) atoms. The fraction of sp³-hybridized carbons (Fsp3) is 0.667. The summed E-state index contributed by atoms with van der Waals surface area (Å²) in [5.41, 5.74) is 9.30. The summed E-state index contributed by atoms with van der Waals surface area (Å²) >= 11 is 0. The Morgan fingerprint density at radius 3 is 2.00 bits per heavy atom. The zero-order chi connectivity index (χ0) is 14.3. The molecular weight excluding hydrogens is 244 g/mol. The van der Waals surface area contributed by atoms with Gasteiger partial charge in [-0.2, -0.15) is 0 Å². The van der Waals surface area contributed by atoms with Crippen molar-refractivity contribution in [3.63, 3.8) is 0 Å². The van der Waals surface area contributed by atoms with Crippen molar-refractivity contribution >= 4 is 0 Å². The van der Waals surface area contributed by atoms with Crippen LogP contribution in [0.4, 0.5) is 0 Å². The Morgan fingerprint density at radius 2 is 1.50 bits per heavy atom. The van der Waals surface area contributed by atoms with Crippen LogP contribution in [0.25, 0.3) is 0 Å². The van der Waals surface area contributed by atoms with E-state index in [4.69, 9.17) is 5.73 Å². The third kappa shape index (κ3) is 2.51. The van der Waals surface area contributed by atoms with E-state index in [9.17, 15) is 0 Å². The van der Waals surface area contributed by atoms with E-state index in [-0.39, 0.29) is 6.04 Å². The third-order valence-electron chi connectivity index (χ3n) is 5.63. The van der Waals surface area contributed by atoms with Crippen molar-refractivity contribution in [3.8, 4) is 0 Å². The highest BCUT2D eigenvalue weighted by Crippen LogP contribution is 2.41. The summed E-state index contributed by atoms with van der Waals surface area (Å²) in [6, 6.07) is 10.8. The maximum absolute atomic E-state index is 6.58. The van der Waals surface area contributed by atoms with Gasteiger partial charge in [-0.05, 0) is 55.7 Å². The van der Waals surface area contributed by atoms with E-state index in [0.29, 0.717) is 11.8 Å². The van der Waals surface area contributed by atoms with Gasteiger partial charge in [0, 0.05) is 18.1 Å². The lowest BCUT2D eigenvalue weighted by Gasteiger charge is -2.39. The fourth-order valence-electron chi connectivity index (χ4n) is 4.12. The van der Waals surface area contributed by atoms with Crippen molar-refractivity contribution in [3.05, 3.63) is 35.4 Å². The van der Waals surface area contributed by atoms with Crippen LogP contribution in [0.5, 0.6) is 0 Å². The van der Waals surface area contributed by atoms with Gasteiger partial charge < -0.3 is 10.6 Å². The lowest BCUT2D eigenvalue weighted by atomic mass is 9.82. The zero-order valence-corrected chi connectivity index (χ0v) is 13.0. The summed E-state index contributed by atoms with van der Waals surface area (Å²) in [5, 5.41) is 0. The molecule has 2 nitrogen and oxygen atoms in total. The van der Waals surface area contributed by atoms with Crippen LogP contribution in [0.3, 0.4) is 0 Å². The van der Waals surface area contributed by atoms with Crippen molar-refractivity contribution in [1.82, 2.24) is 4.90 Å². The Kier molecular flexibility index (Phi) is 3.87. The zero-order valence-electron chi connectivity index (χ0n) is 13.0. The van der Waals surface area contributed by atoms with E-state index in [1.54, 1.807) is 0 Å². The maximum Gasteiger partial charge on any atom is 0.0324 e. The lowest BCUT2D eigenvalue weighted by Crippen LogP contribution is -2.42. The number of nitrogens with two attached hydrogens (primary N) is 1. The fourth-order valence-corrected chi connectivity index (χ4v) is 4.12. The van der Waals surface area contributed by atoms with E-state index in [0.717, 1.165) is 12.1 Å². The first kappa shape index (κ1) is 14.1. The standard InChI is InChI=1S/C18H28N2/c1-12(2)13-4-6-14(7-5-13)18(19)15-10-16-8-9-17(11-15)20(16)3/h4-7,12,15-18H,8-11,19H2,1-3H3. The van der Waals surface area contributed by atoms with Crippen LogP contribution >= 0.6 is 0 Å². The SMILES string of the molecule is CC(C)c1ccc(C(N)C2CC3CCC(C2)N3C)cc1. The molecule has 0 amide bonds. The van der Waals surface area contributed by atoms with E-state index < -0.39 is 0 Å². The summed E-state index contributed by atoms with van der Waals surface area (Å²) in [4.78, 5) is 2.59. The molecule has 2 N–H and O–H groups in total. The van der Waals surface area contributed by atoms with Gasteiger partial charge in [0.15, 0.2) is 0 Å². The third-order valence-corrected chi connectivity index (χ3v) is 5.63. The molecule has 1 aromatic carbocycles. The Bertz CT molecular complexity index is 437. The van der Waals surface area contributed by atoms with Crippen LogP contribution in [0, 0.1) is 5.92 Å². The molecule has 0 aromatic heterocycles. The number of hydrogen-bond acceptors (Lipinski definition) is 2. The number of piperidine rings is 1. The maximum atomic E-state index is 6.58. The molecule has 2 heteroatoms. The number of fused-ring (bicyclic) bond motifs is 2. The van der Waals surface area contributed by atoms with Gasteiger partial charge in [0.2, 0.25) is 0 Å². The second-order valence-electron chi connectivity index (χ2n) is 7.13. The summed E-state index contributed by atoms with van der Waals surface area (Å²) in [6.45, 7) is 4.48. The van der Waals surface area contributed by atoms with E-state index in [1.807, 2.05) is 0 Å². The Labute approximate surface area is 123 Å². The number of nitrogens with zero attached hydrogens (tertiary/aromatic N) is 1. The van der Waals surface area contributed by atoms with Crippen molar-refractivity contribution in [2.45, 2.75) is 63.6 Å². The van der Waals surface area contributed by atoms with Crippen LogP contribution in [-0.2, 0) is 0 Å². The van der Waals surface area contributed by atoms with E-state index >= 15 is 0 Å². The Balaban J connectivity index is 1.71. The van der Waals surface area contributed by atoms with Crippen LogP contribution < -0.4 is 5.73 Å². The highest BCUT2D eigenvalue weighted by Gasteiger charge is 2.40. The summed E-state index contributed by atoms with van der Waals surface area (Å²) in [7, 11) is 2.29. The second kappa shape index (κ2) is 5.50. The molecule has 0 radical (unpaired) electrons. The van der Waals surface area contributed by atoms with Crippen LogP contribution in [0.2, 0.25) is 0 Å². The number of benzene rings is 1. The largest absolute Gasteiger partial charge is 0.324 e. The molecule has 1 aromatic rings. The van der Waals surface area contributed by atoms with Crippen molar-refractivity contribution in [1.29, 1.82) is 0 Å². The molecule has 110 valence electrons. The van der Waals surface area contributed by atoms with Gasteiger partial charge in [-0.15, -0.1) is 0 Å². The highest BCUT2D eigenvalue weighted by atomic mass is 15.2. The molecule has 3 unspecified atom stereocenters. The average molecular weight is 272 g/mol. The van der Waals surface area contributed by atoms with Gasteiger partial charge in [0.05, 0.1) is 0 Å². The molecule has 0 saturated carbocycles. The Morgan fingerprint density at radius 1 is 1.00 bits per heavy atom. The Hall–Kier alpha value is -0.860. The molecule has 2 aliphatic heterocycles. The van der Waals surface area contributed by atoms with Gasteiger partial charge >= 0.3 is 0 Å². The molecule has 0 spiro atoms. The van der Waals surface area contributed by atoms with E-state index in [1.165, 1.54) is 36.8 Å². The molecule has 3 rings (SSSR count). The monoisotopic (exact) mass is 272 g/mol. The van der Waals surface area contributed by atoms with Gasteiger partial charge in [-0.3, -0.25) is 0 Å². The second-order valence-corrected chi connectivity index (χ2v) is 7.13. The van der Waals surface area contributed by atoms with Crippen LogP contribution in [0.15, 0.2) is 24.3 Å². The lowest BCUT2D eigenvalue weighted by molar-refractivity contribution is 0.121. The van der Waals surface area contributed by atoms with Gasteiger partial charge in [0.25, 0.3) is 0 Å². The van der Waals surface area contributed by atoms with Crippen molar-refractivity contribution < 1.29 is 0 Å². The minimum Gasteiger partial charge on any atom is -0.324 e. The predicted molar refractivity (Wildman–Crippen MR) is 84.8 cm³/mol. The predicted octanol–water partition coefficient (Wildman–Crippen LogP) is 3.68. The normalized spacial score (nSPS) is 31.8. The van der Waals surface area contributed by atoms with Gasteiger partial charge in [-0.25, -0.2) is 0 Å². The first-order valence-corrected chi connectivity index (χ1v) is 8.13. The minimum absolute atomic E-state index is 0.216. The molecular formula is C18H28N2. The molecule has 0 aliphatic carbocycles. The quantitative estimate of drug-likeness (QED) is 0.909. The summed E-state index contributed by atoms with van der Waals surface area (Å²) in [5.74, 6) is 1.26. The summed E-state index contributed by atoms with van der Waals surface area (Å²) < 4.78 is 0.